The molecule has 2 aromatic carbocycles. The van der Waals surface area contributed by atoms with Crippen LogP contribution in [-0.4, -0.2) is 10.5 Å². The van der Waals surface area contributed by atoms with Gasteiger partial charge in [-0.2, -0.15) is 0 Å². The third-order valence-electron chi connectivity index (χ3n) is 3.86. The average Bonchev–Trinajstić information content (AvgIpc) is 2.83. The molecule has 6 heteroatoms. The summed E-state index contributed by atoms with van der Waals surface area (Å²) in [7, 11) is 0. The summed E-state index contributed by atoms with van der Waals surface area (Å²) in [6, 6.07) is 10.9. The third kappa shape index (κ3) is 3.36. The SMILES string of the molecule is Cc1ccc(C)c(NC(=O)CCn2c(=O)oc3cc(Cl)ccc32)c1. The molecule has 0 bridgehead atoms. The molecule has 0 saturated carbocycles. The van der Waals surface area contributed by atoms with Gasteiger partial charge in [0.25, 0.3) is 0 Å². The highest BCUT2D eigenvalue weighted by molar-refractivity contribution is 6.31. The molecule has 3 rings (SSSR count). The van der Waals surface area contributed by atoms with Gasteiger partial charge in [-0.05, 0) is 43.2 Å². The van der Waals surface area contributed by atoms with Crippen molar-refractivity contribution >= 4 is 34.3 Å². The number of oxazole rings is 1. The van der Waals surface area contributed by atoms with Crippen molar-refractivity contribution in [1.82, 2.24) is 4.57 Å². The number of anilines is 1. The molecule has 1 N–H and O–H groups in total. The zero-order valence-electron chi connectivity index (χ0n) is 13.4. The van der Waals surface area contributed by atoms with Crippen LogP contribution in [0.5, 0.6) is 0 Å². The van der Waals surface area contributed by atoms with Crippen molar-refractivity contribution in [3.05, 3.63) is 63.1 Å². The number of nitrogens with one attached hydrogen (secondary N) is 1. The first-order valence-corrected chi connectivity index (χ1v) is 7.98. The van der Waals surface area contributed by atoms with E-state index in [9.17, 15) is 9.59 Å². The fourth-order valence-electron chi connectivity index (χ4n) is 2.55. The molecule has 5 nitrogen and oxygen atoms in total. The molecular formula is C18H17ClN2O3. The molecule has 0 aliphatic heterocycles. The van der Waals surface area contributed by atoms with Crippen LogP contribution in [0.4, 0.5) is 5.69 Å². The fraction of sp³-hybridized carbons (Fsp3) is 0.222. The second-order valence-electron chi connectivity index (χ2n) is 5.75. The van der Waals surface area contributed by atoms with Gasteiger partial charge in [-0.15, -0.1) is 0 Å². The van der Waals surface area contributed by atoms with Crippen molar-refractivity contribution in [3.63, 3.8) is 0 Å². The van der Waals surface area contributed by atoms with Crippen LogP contribution in [0.15, 0.2) is 45.6 Å². The Labute approximate surface area is 143 Å². The number of aromatic nitrogens is 1. The standard InChI is InChI=1S/C18H17ClN2O3/c1-11-3-4-12(2)14(9-11)20-17(22)7-8-21-15-6-5-13(19)10-16(15)24-18(21)23/h3-6,9-10H,7-8H2,1-2H3,(H,20,22). The Hall–Kier alpha value is -2.53. The maximum Gasteiger partial charge on any atom is 0.419 e. The Balaban J connectivity index is 1.74. The van der Waals surface area contributed by atoms with E-state index in [4.69, 9.17) is 16.0 Å². The van der Waals surface area contributed by atoms with Gasteiger partial charge in [0.1, 0.15) is 0 Å². The number of hydrogen-bond donors (Lipinski definition) is 1. The lowest BCUT2D eigenvalue weighted by atomic mass is 10.1. The zero-order valence-corrected chi connectivity index (χ0v) is 14.2. The summed E-state index contributed by atoms with van der Waals surface area (Å²) in [4.78, 5) is 24.1. The number of benzene rings is 2. The minimum atomic E-state index is -0.494. The lowest BCUT2D eigenvalue weighted by Crippen LogP contribution is -2.20. The van der Waals surface area contributed by atoms with E-state index in [1.54, 1.807) is 18.2 Å². The Morgan fingerprint density at radius 3 is 2.79 bits per heavy atom. The minimum Gasteiger partial charge on any atom is -0.408 e. The number of aryl methyl sites for hydroxylation is 3. The van der Waals surface area contributed by atoms with Crippen molar-refractivity contribution in [3.8, 4) is 0 Å². The number of nitrogens with zero attached hydrogens (tertiary/aromatic N) is 1. The zero-order chi connectivity index (χ0) is 17.3. The van der Waals surface area contributed by atoms with Crippen molar-refractivity contribution in [2.75, 3.05) is 5.32 Å². The summed E-state index contributed by atoms with van der Waals surface area (Å²) >= 11 is 5.89. The van der Waals surface area contributed by atoms with Crippen LogP contribution >= 0.6 is 11.6 Å². The van der Waals surface area contributed by atoms with Gasteiger partial charge in [0.05, 0.1) is 5.52 Å². The number of halogens is 1. The quantitative estimate of drug-likeness (QED) is 0.780. The molecule has 1 aromatic heterocycles. The molecule has 1 heterocycles. The molecule has 0 atom stereocenters. The van der Waals surface area contributed by atoms with E-state index in [0.717, 1.165) is 16.8 Å². The summed E-state index contributed by atoms with van der Waals surface area (Å²) in [5.74, 6) is -0.647. The Morgan fingerprint density at radius 2 is 2.00 bits per heavy atom. The van der Waals surface area contributed by atoms with Gasteiger partial charge in [0.2, 0.25) is 5.91 Å². The fourth-order valence-corrected chi connectivity index (χ4v) is 2.71. The lowest BCUT2D eigenvalue weighted by molar-refractivity contribution is -0.116. The number of hydrogen-bond acceptors (Lipinski definition) is 3. The van der Waals surface area contributed by atoms with Crippen LogP contribution in [0.2, 0.25) is 5.02 Å². The number of amides is 1. The predicted molar refractivity (Wildman–Crippen MR) is 94.6 cm³/mol. The summed E-state index contributed by atoms with van der Waals surface area (Å²) < 4.78 is 6.60. The van der Waals surface area contributed by atoms with E-state index < -0.39 is 5.76 Å². The average molecular weight is 345 g/mol. The van der Waals surface area contributed by atoms with Crippen LogP contribution in [0.3, 0.4) is 0 Å². The van der Waals surface area contributed by atoms with Crippen molar-refractivity contribution in [1.29, 1.82) is 0 Å². The highest BCUT2D eigenvalue weighted by Gasteiger charge is 2.12. The van der Waals surface area contributed by atoms with Crippen LogP contribution < -0.4 is 11.1 Å². The molecule has 0 saturated heterocycles. The molecular weight excluding hydrogens is 328 g/mol. The van der Waals surface area contributed by atoms with E-state index in [1.807, 2.05) is 32.0 Å². The number of fused-ring (bicyclic) bond motifs is 1. The first-order valence-electron chi connectivity index (χ1n) is 7.60. The van der Waals surface area contributed by atoms with Gasteiger partial charge < -0.3 is 9.73 Å². The first-order chi connectivity index (χ1) is 11.4. The first kappa shape index (κ1) is 16.3. The summed E-state index contributed by atoms with van der Waals surface area (Å²) in [6.45, 7) is 4.15. The van der Waals surface area contributed by atoms with Gasteiger partial charge in [-0.3, -0.25) is 9.36 Å². The van der Waals surface area contributed by atoms with E-state index in [0.29, 0.717) is 16.1 Å². The molecule has 1 amide bonds. The van der Waals surface area contributed by atoms with Crippen LogP contribution in [0.1, 0.15) is 17.5 Å². The smallest absolute Gasteiger partial charge is 0.408 e. The summed E-state index contributed by atoms with van der Waals surface area (Å²) in [5, 5.41) is 3.38. The highest BCUT2D eigenvalue weighted by atomic mass is 35.5. The van der Waals surface area contributed by atoms with E-state index in [-0.39, 0.29) is 18.9 Å². The summed E-state index contributed by atoms with van der Waals surface area (Å²) in [6.07, 6.45) is 0.171. The van der Waals surface area contributed by atoms with Crippen molar-refractivity contribution in [2.24, 2.45) is 0 Å². The monoisotopic (exact) mass is 344 g/mol. The van der Waals surface area contributed by atoms with Gasteiger partial charge in [0, 0.05) is 29.7 Å². The molecule has 0 aliphatic carbocycles. The minimum absolute atomic E-state index is 0.154. The molecule has 0 spiro atoms. The van der Waals surface area contributed by atoms with Crippen LogP contribution in [-0.2, 0) is 11.3 Å². The van der Waals surface area contributed by atoms with E-state index in [1.165, 1.54) is 4.57 Å². The maximum absolute atomic E-state index is 12.2. The van der Waals surface area contributed by atoms with E-state index in [2.05, 4.69) is 5.32 Å². The van der Waals surface area contributed by atoms with Gasteiger partial charge in [-0.25, -0.2) is 4.79 Å². The molecule has 0 radical (unpaired) electrons. The van der Waals surface area contributed by atoms with Crippen molar-refractivity contribution in [2.45, 2.75) is 26.8 Å². The van der Waals surface area contributed by atoms with Gasteiger partial charge in [0.15, 0.2) is 5.58 Å². The Kier molecular flexibility index (Phi) is 4.44. The lowest BCUT2D eigenvalue weighted by Gasteiger charge is -2.09. The van der Waals surface area contributed by atoms with Crippen LogP contribution in [0, 0.1) is 13.8 Å². The van der Waals surface area contributed by atoms with Crippen LogP contribution in [0.25, 0.3) is 11.1 Å². The van der Waals surface area contributed by atoms with Gasteiger partial charge in [-0.1, -0.05) is 23.7 Å². The molecule has 0 aliphatic rings. The Bertz CT molecular complexity index is 972. The summed E-state index contributed by atoms with van der Waals surface area (Å²) in [5.41, 5.74) is 3.90. The second-order valence-corrected chi connectivity index (χ2v) is 6.18. The normalized spacial score (nSPS) is 11.0. The topological polar surface area (TPSA) is 64.2 Å². The maximum atomic E-state index is 12.2. The third-order valence-corrected chi connectivity index (χ3v) is 4.10. The highest BCUT2D eigenvalue weighted by Crippen LogP contribution is 2.19. The molecule has 0 fully saturated rings. The molecule has 24 heavy (non-hydrogen) atoms. The largest absolute Gasteiger partial charge is 0.419 e. The van der Waals surface area contributed by atoms with E-state index >= 15 is 0 Å². The number of rotatable bonds is 4. The van der Waals surface area contributed by atoms with Gasteiger partial charge >= 0.3 is 5.76 Å². The molecule has 3 aromatic rings. The molecule has 124 valence electrons. The second kappa shape index (κ2) is 6.53. The predicted octanol–water partition coefficient (Wildman–Crippen LogP) is 3.89. The number of carbonyl (C=O) groups is 1. The van der Waals surface area contributed by atoms with Crippen molar-refractivity contribution < 1.29 is 9.21 Å². The number of carbonyl (C=O) groups excluding carboxylic acids is 1. The Morgan fingerprint density at radius 1 is 1.21 bits per heavy atom. The molecule has 0 unspecified atom stereocenters.